The van der Waals surface area contributed by atoms with Gasteiger partial charge in [-0.15, -0.1) is 0 Å². The van der Waals surface area contributed by atoms with E-state index in [1.807, 2.05) is 0 Å². The summed E-state index contributed by atoms with van der Waals surface area (Å²) in [6, 6.07) is 0. The molecule has 0 bridgehead atoms. The maximum atomic E-state index is 11.1. The molecule has 0 aromatic carbocycles. The molecule has 2 N–H and O–H groups in total. The maximum Gasteiger partial charge on any atom is 0.230 e. The SMILES string of the molecule is CCC(=O)C(C)C(=O)NCCO. The molecule has 0 heterocycles. The van der Waals surface area contributed by atoms with Crippen LogP contribution in [0.25, 0.3) is 0 Å². The number of aliphatic hydroxyl groups excluding tert-OH is 1. The second-order valence-electron chi connectivity index (χ2n) is 2.56. The Morgan fingerprint density at radius 1 is 1.50 bits per heavy atom. The minimum atomic E-state index is -0.596. The standard InChI is InChI=1S/C8H15NO3/c1-3-7(11)6(2)8(12)9-4-5-10/h6,10H,3-5H2,1-2H3,(H,9,12). The quantitative estimate of drug-likeness (QED) is 0.561. The normalized spacial score (nSPS) is 12.2. The van der Waals surface area contributed by atoms with E-state index in [1.54, 1.807) is 13.8 Å². The second kappa shape index (κ2) is 5.71. The average Bonchev–Trinajstić information content (AvgIpc) is 2.11. The molecule has 0 aliphatic rings. The number of carbonyl (C=O) groups is 2. The Labute approximate surface area is 72.0 Å². The van der Waals surface area contributed by atoms with Gasteiger partial charge in [-0.25, -0.2) is 0 Å². The van der Waals surface area contributed by atoms with Crippen molar-refractivity contribution >= 4 is 11.7 Å². The number of nitrogens with one attached hydrogen (secondary N) is 1. The molecule has 1 amide bonds. The number of ketones is 1. The monoisotopic (exact) mass is 173 g/mol. The molecule has 0 radical (unpaired) electrons. The molecule has 0 rings (SSSR count). The number of hydrogen-bond donors (Lipinski definition) is 2. The van der Waals surface area contributed by atoms with E-state index in [1.165, 1.54) is 0 Å². The van der Waals surface area contributed by atoms with Gasteiger partial charge in [0.25, 0.3) is 0 Å². The first-order valence-electron chi connectivity index (χ1n) is 4.04. The van der Waals surface area contributed by atoms with Crippen molar-refractivity contribution in [3.05, 3.63) is 0 Å². The van der Waals surface area contributed by atoms with Crippen LogP contribution >= 0.6 is 0 Å². The molecule has 0 aromatic rings. The van der Waals surface area contributed by atoms with E-state index in [2.05, 4.69) is 5.32 Å². The zero-order valence-electron chi connectivity index (χ0n) is 7.46. The van der Waals surface area contributed by atoms with Crippen LogP contribution in [0.1, 0.15) is 20.3 Å². The lowest BCUT2D eigenvalue weighted by Crippen LogP contribution is -2.35. The van der Waals surface area contributed by atoms with Crippen molar-refractivity contribution < 1.29 is 14.7 Å². The van der Waals surface area contributed by atoms with E-state index in [9.17, 15) is 9.59 Å². The van der Waals surface area contributed by atoms with Crippen LogP contribution in [0.5, 0.6) is 0 Å². The maximum absolute atomic E-state index is 11.1. The lowest BCUT2D eigenvalue weighted by molar-refractivity contribution is -0.133. The molecule has 0 fully saturated rings. The Morgan fingerprint density at radius 3 is 2.50 bits per heavy atom. The Kier molecular flexibility index (Phi) is 5.28. The van der Waals surface area contributed by atoms with Gasteiger partial charge in [0.05, 0.1) is 12.5 Å². The minimum Gasteiger partial charge on any atom is -0.395 e. The van der Waals surface area contributed by atoms with Gasteiger partial charge in [0.1, 0.15) is 5.78 Å². The van der Waals surface area contributed by atoms with Gasteiger partial charge in [-0.1, -0.05) is 6.92 Å². The molecule has 1 atom stereocenters. The Bertz CT molecular complexity index is 168. The topological polar surface area (TPSA) is 66.4 Å². The van der Waals surface area contributed by atoms with Crippen molar-refractivity contribution in [1.29, 1.82) is 0 Å². The van der Waals surface area contributed by atoms with Gasteiger partial charge >= 0.3 is 0 Å². The fourth-order valence-electron chi connectivity index (χ4n) is 0.785. The summed E-state index contributed by atoms with van der Waals surface area (Å²) in [6.07, 6.45) is 0.369. The number of rotatable bonds is 5. The second-order valence-corrected chi connectivity index (χ2v) is 2.56. The number of Topliss-reactive ketones (excluding diaryl/α,β-unsaturated/α-hetero) is 1. The predicted octanol–water partition coefficient (Wildman–Crippen LogP) is -0.290. The third kappa shape index (κ3) is 3.48. The highest BCUT2D eigenvalue weighted by atomic mass is 16.3. The molecule has 12 heavy (non-hydrogen) atoms. The predicted molar refractivity (Wildman–Crippen MR) is 44.6 cm³/mol. The van der Waals surface area contributed by atoms with Gasteiger partial charge in [-0.2, -0.15) is 0 Å². The van der Waals surface area contributed by atoms with Crippen LogP contribution in [-0.4, -0.2) is 29.9 Å². The van der Waals surface area contributed by atoms with Crippen LogP contribution in [0.4, 0.5) is 0 Å². The van der Waals surface area contributed by atoms with Gasteiger partial charge < -0.3 is 10.4 Å². The summed E-state index contributed by atoms with van der Waals surface area (Å²) < 4.78 is 0. The van der Waals surface area contributed by atoms with E-state index in [4.69, 9.17) is 5.11 Å². The highest BCUT2D eigenvalue weighted by Crippen LogP contribution is 1.99. The molecule has 0 saturated carbocycles. The largest absolute Gasteiger partial charge is 0.395 e. The average molecular weight is 173 g/mol. The Morgan fingerprint density at radius 2 is 2.08 bits per heavy atom. The minimum absolute atomic E-state index is 0.0783. The first kappa shape index (κ1) is 11.1. The van der Waals surface area contributed by atoms with E-state index >= 15 is 0 Å². The third-order valence-corrected chi connectivity index (χ3v) is 1.64. The molecule has 0 aromatic heterocycles. The van der Waals surface area contributed by atoms with Crippen molar-refractivity contribution in [2.45, 2.75) is 20.3 Å². The van der Waals surface area contributed by atoms with Crippen LogP contribution in [0.3, 0.4) is 0 Å². The lowest BCUT2D eigenvalue weighted by Gasteiger charge is -2.08. The van der Waals surface area contributed by atoms with Gasteiger partial charge in [-0.05, 0) is 6.92 Å². The molecule has 70 valence electrons. The highest BCUT2D eigenvalue weighted by molar-refractivity contribution is 6.00. The summed E-state index contributed by atoms with van der Waals surface area (Å²) in [5, 5.41) is 10.8. The van der Waals surface area contributed by atoms with E-state index < -0.39 is 5.92 Å². The molecule has 1 unspecified atom stereocenters. The van der Waals surface area contributed by atoms with E-state index in [0.29, 0.717) is 6.42 Å². The number of carbonyl (C=O) groups excluding carboxylic acids is 2. The first-order chi connectivity index (χ1) is 5.63. The van der Waals surface area contributed by atoms with Gasteiger partial charge in [0.15, 0.2) is 0 Å². The Balaban J connectivity index is 3.84. The summed E-state index contributed by atoms with van der Waals surface area (Å²) in [5.74, 6) is -0.983. The molecule has 4 nitrogen and oxygen atoms in total. The van der Waals surface area contributed by atoms with Crippen molar-refractivity contribution in [1.82, 2.24) is 5.32 Å². The molecular weight excluding hydrogens is 158 g/mol. The van der Waals surface area contributed by atoms with E-state index in [-0.39, 0.29) is 24.8 Å². The zero-order chi connectivity index (χ0) is 9.56. The number of aliphatic hydroxyl groups is 1. The van der Waals surface area contributed by atoms with Crippen molar-refractivity contribution in [2.24, 2.45) is 5.92 Å². The van der Waals surface area contributed by atoms with Crippen molar-refractivity contribution in [2.75, 3.05) is 13.2 Å². The molecule has 0 aliphatic heterocycles. The first-order valence-corrected chi connectivity index (χ1v) is 4.04. The van der Waals surface area contributed by atoms with E-state index in [0.717, 1.165) is 0 Å². The van der Waals surface area contributed by atoms with Crippen molar-refractivity contribution in [3.63, 3.8) is 0 Å². The number of hydrogen-bond acceptors (Lipinski definition) is 3. The van der Waals surface area contributed by atoms with Gasteiger partial charge in [0.2, 0.25) is 5.91 Å². The van der Waals surface area contributed by atoms with Crippen LogP contribution in [0.15, 0.2) is 0 Å². The van der Waals surface area contributed by atoms with Gasteiger partial charge in [0, 0.05) is 13.0 Å². The van der Waals surface area contributed by atoms with Crippen molar-refractivity contribution in [3.8, 4) is 0 Å². The summed E-state index contributed by atoms with van der Waals surface area (Å²) in [6.45, 7) is 3.40. The smallest absolute Gasteiger partial charge is 0.230 e. The fourth-order valence-corrected chi connectivity index (χ4v) is 0.785. The lowest BCUT2D eigenvalue weighted by atomic mass is 10.0. The summed E-state index contributed by atoms with van der Waals surface area (Å²) >= 11 is 0. The summed E-state index contributed by atoms with van der Waals surface area (Å²) in [7, 11) is 0. The molecule has 0 aliphatic carbocycles. The molecule has 4 heteroatoms. The highest BCUT2D eigenvalue weighted by Gasteiger charge is 2.18. The van der Waals surface area contributed by atoms with Crippen LogP contribution < -0.4 is 5.32 Å². The van der Waals surface area contributed by atoms with Crippen LogP contribution in [0.2, 0.25) is 0 Å². The Hall–Kier alpha value is -0.900. The molecular formula is C8H15NO3. The summed E-state index contributed by atoms with van der Waals surface area (Å²) in [4.78, 5) is 22.1. The third-order valence-electron chi connectivity index (χ3n) is 1.64. The molecule has 0 spiro atoms. The molecule has 0 saturated heterocycles. The number of amides is 1. The van der Waals surface area contributed by atoms with Crippen LogP contribution in [-0.2, 0) is 9.59 Å². The van der Waals surface area contributed by atoms with Crippen LogP contribution in [0, 0.1) is 5.92 Å². The zero-order valence-corrected chi connectivity index (χ0v) is 7.46. The fraction of sp³-hybridized carbons (Fsp3) is 0.750. The summed E-state index contributed by atoms with van der Waals surface area (Å²) in [5.41, 5.74) is 0. The van der Waals surface area contributed by atoms with Gasteiger partial charge in [-0.3, -0.25) is 9.59 Å².